The minimum absolute atomic E-state index is 0.805. The molecule has 0 atom stereocenters. The van der Waals surface area contributed by atoms with E-state index in [-0.39, 0.29) is 0 Å². The van der Waals surface area contributed by atoms with Crippen molar-refractivity contribution in [2.24, 2.45) is 0 Å². The molecular weight excluding hydrogens is 184 g/mol. The van der Waals surface area contributed by atoms with E-state index in [0.29, 0.717) is 0 Å². The lowest BCUT2D eigenvalue weighted by Gasteiger charge is -2.33. The fraction of sp³-hybridized carbons (Fsp3) is 0.200. The molecule has 2 heterocycles. The molecule has 0 aromatic carbocycles. The third kappa shape index (κ3) is 1.95. The maximum Gasteiger partial charge on any atom is 0.0587 e. The maximum atomic E-state index is 5.81. The highest BCUT2D eigenvalue weighted by atomic mass is 35.5. The summed E-state index contributed by atoms with van der Waals surface area (Å²) in [5.41, 5.74) is 0. The van der Waals surface area contributed by atoms with E-state index in [2.05, 4.69) is 16.1 Å². The first kappa shape index (κ1) is 8.45. The van der Waals surface area contributed by atoms with Gasteiger partial charge in [-0.2, -0.15) is 0 Å². The van der Waals surface area contributed by atoms with E-state index in [4.69, 9.17) is 11.6 Å². The van der Waals surface area contributed by atoms with E-state index in [1.54, 1.807) is 0 Å². The van der Waals surface area contributed by atoms with Gasteiger partial charge in [-0.1, -0.05) is 17.7 Å². The Balaban J connectivity index is 2.00. The van der Waals surface area contributed by atoms with Crippen molar-refractivity contribution in [3.8, 4) is 0 Å². The smallest absolute Gasteiger partial charge is 0.0587 e. The second kappa shape index (κ2) is 3.71. The molecule has 0 aliphatic carbocycles. The summed E-state index contributed by atoms with van der Waals surface area (Å²) in [7, 11) is 0. The zero-order valence-corrected chi connectivity index (χ0v) is 7.91. The number of hydrogen-bond acceptors (Lipinski definition) is 2. The Morgan fingerprint density at radius 3 is 2.69 bits per heavy atom. The monoisotopic (exact) mass is 193 g/mol. The van der Waals surface area contributed by atoms with Crippen LogP contribution in [0.4, 0.5) is 0 Å². The zero-order chi connectivity index (χ0) is 9.10. The molecule has 0 saturated carbocycles. The van der Waals surface area contributed by atoms with Crippen LogP contribution in [0.1, 0.15) is 0 Å². The number of hydrogen-bond donors (Lipinski definition) is 0. The van der Waals surface area contributed by atoms with Gasteiger partial charge in [0.1, 0.15) is 0 Å². The molecule has 0 bridgehead atoms. The average molecular weight is 194 g/mol. The first-order valence-corrected chi connectivity index (χ1v) is 4.55. The number of nitrogens with zero attached hydrogens (tertiary/aromatic N) is 2. The first-order valence-electron chi connectivity index (χ1n) is 4.18. The lowest BCUT2D eigenvalue weighted by Crippen LogP contribution is -2.36. The Morgan fingerprint density at radius 1 is 1.23 bits per heavy atom. The molecule has 0 amide bonds. The number of rotatable bonds is 1. The van der Waals surface area contributed by atoms with Gasteiger partial charge in [0.15, 0.2) is 0 Å². The lowest BCUT2D eigenvalue weighted by molar-refractivity contribution is 0.102. The van der Waals surface area contributed by atoms with Crippen LogP contribution in [0, 0.1) is 6.08 Å². The molecule has 0 N–H and O–H groups in total. The molecule has 1 radical (unpaired) electrons. The molecule has 2 aliphatic heterocycles. The molecule has 2 nitrogen and oxygen atoms in total. The standard InChI is InChI=1S/C10H10ClN2/c11-10-4-8-13(9-5-10)12-6-2-1-3-7-12/h2-6,8H,7,9H2. The summed E-state index contributed by atoms with van der Waals surface area (Å²) in [6.45, 7) is 1.69. The van der Waals surface area contributed by atoms with Crippen LogP contribution < -0.4 is 0 Å². The van der Waals surface area contributed by atoms with Gasteiger partial charge in [0.2, 0.25) is 0 Å². The quantitative estimate of drug-likeness (QED) is 0.629. The summed E-state index contributed by atoms with van der Waals surface area (Å²) in [5.74, 6) is 0. The van der Waals surface area contributed by atoms with Gasteiger partial charge in [-0.3, -0.25) is 10.0 Å². The molecular formula is C10H10ClN2. The summed E-state index contributed by atoms with van der Waals surface area (Å²) in [5, 5.41) is 5.01. The Hall–Kier alpha value is -1.15. The van der Waals surface area contributed by atoms with Crippen LogP contribution in [0.25, 0.3) is 0 Å². The number of allylic oxidation sites excluding steroid dienone is 4. The maximum absolute atomic E-state index is 5.81. The van der Waals surface area contributed by atoms with Gasteiger partial charge < -0.3 is 0 Å². The Bertz CT molecular complexity index is 302. The van der Waals surface area contributed by atoms with E-state index in [0.717, 1.165) is 18.1 Å². The second-order valence-electron chi connectivity index (χ2n) is 2.84. The summed E-state index contributed by atoms with van der Waals surface area (Å²) in [6, 6.07) is 0. The van der Waals surface area contributed by atoms with Gasteiger partial charge in [0, 0.05) is 17.4 Å². The van der Waals surface area contributed by atoms with Crippen LogP contribution in [0.2, 0.25) is 0 Å². The van der Waals surface area contributed by atoms with E-state index < -0.39 is 0 Å². The first-order chi connectivity index (χ1) is 6.36. The van der Waals surface area contributed by atoms with Crippen LogP contribution in [0.3, 0.4) is 0 Å². The third-order valence-corrected chi connectivity index (χ3v) is 2.23. The molecule has 0 fully saturated rings. The van der Waals surface area contributed by atoms with Crippen molar-refractivity contribution < 1.29 is 0 Å². The third-order valence-electron chi connectivity index (χ3n) is 1.95. The predicted octanol–water partition coefficient (Wildman–Crippen LogP) is 2.04. The van der Waals surface area contributed by atoms with Crippen LogP contribution in [-0.2, 0) is 0 Å². The highest BCUT2D eigenvalue weighted by Crippen LogP contribution is 2.13. The highest BCUT2D eigenvalue weighted by molar-refractivity contribution is 6.31. The average Bonchev–Trinajstić information content (AvgIpc) is 2.20. The summed E-state index contributed by atoms with van der Waals surface area (Å²) in [6.07, 6.45) is 14.8. The van der Waals surface area contributed by atoms with Crippen LogP contribution in [-0.4, -0.2) is 23.1 Å². The van der Waals surface area contributed by atoms with Gasteiger partial charge in [-0.05, 0) is 24.3 Å². The number of halogens is 1. The fourth-order valence-electron chi connectivity index (χ4n) is 1.25. The summed E-state index contributed by atoms with van der Waals surface area (Å²) >= 11 is 5.81. The topological polar surface area (TPSA) is 6.48 Å². The summed E-state index contributed by atoms with van der Waals surface area (Å²) in [4.78, 5) is 0. The van der Waals surface area contributed by atoms with Gasteiger partial charge in [0.05, 0.1) is 13.1 Å². The second-order valence-corrected chi connectivity index (χ2v) is 3.27. The molecule has 0 unspecified atom stereocenters. The van der Waals surface area contributed by atoms with Crippen molar-refractivity contribution in [3.05, 3.63) is 47.8 Å². The molecule has 2 rings (SSSR count). The van der Waals surface area contributed by atoms with Crippen molar-refractivity contribution in [2.45, 2.75) is 0 Å². The van der Waals surface area contributed by atoms with Crippen LogP contribution in [0.15, 0.2) is 41.7 Å². The largest absolute Gasteiger partial charge is 0.289 e. The van der Waals surface area contributed by atoms with Gasteiger partial charge in [-0.15, -0.1) is 0 Å². The van der Waals surface area contributed by atoms with Crippen LogP contribution in [0.5, 0.6) is 0 Å². The predicted molar refractivity (Wildman–Crippen MR) is 53.4 cm³/mol. The summed E-state index contributed by atoms with van der Waals surface area (Å²) < 4.78 is 0. The number of hydrazine groups is 1. The van der Waals surface area contributed by atoms with E-state index in [1.807, 2.05) is 36.7 Å². The molecule has 2 aliphatic rings. The Kier molecular flexibility index (Phi) is 2.41. The molecule has 0 aromatic rings. The van der Waals surface area contributed by atoms with E-state index >= 15 is 0 Å². The van der Waals surface area contributed by atoms with Crippen molar-refractivity contribution in [1.29, 1.82) is 0 Å². The zero-order valence-electron chi connectivity index (χ0n) is 7.15. The van der Waals surface area contributed by atoms with Crippen molar-refractivity contribution in [3.63, 3.8) is 0 Å². The molecule has 0 saturated heterocycles. The Morgan fingerprint density at radius 2 is 2.08 bits per heavy atom. The molecule has 3 heteroatoms. The highest BCUT2D eigenvalue weighted by Gasteiger charge is 2.09. The molecule has 0 spiro atoms. The van der Waals surface area contributed by atoms with E-state index in [9.17, 15) is 0 Å². The minimum atomic E-state index is 0.805. The van der Waals surface area contributed by atoms with Gasteiger partial charge >= 0.3 is 0 Å². The van der Waals surface area contributed by atoms with Crippen molar-refractivity contribution in [2.75, 3.05) is 13.1 Å². The SMILES string of the molecule is ClC1=CCN(N2C=C[C]=CC2)C=C1. The van der Waals surface area contributed by atoms with Gasteiger partial charge in [0.25, 0.3) is 0 Å². The Labute approximate surface area is 83.0 Å². The van der Waals surface area contributed by atoms with Crippen LogP contribution >= 0.6 is 11.6 Å². The minimum Gasteiger partial charge on any atom is -0.289 e. The molecule has 0 aromatic heterocycles. The van der Waals surface area contributed by atoms with Crippen molar-refractivity contribution in [1.82, 2.24) is 10.0 Å². The fourth-order valence-corrected chi connectivity index (χ4v) is 1.38. The van der Waals surface area contributed by atoms with Crippen molar-refractivity contribution >= 4 is 11.6 Å². The normalized spacial score (nSPS) is 20.8. The van der Waals surface area contributed by atoms with E-state index in [1.165, 1.54) is 0 Å². The van der Waals surface area contributed by atoms with Gasteiger partial charge in [-0.25, -0.2) is 0 Å². The molecule has 67 valence electrons. The molecule has 13 heavy (non-hydrogen) atoms. The lowest BCUT2D eigenvalue weighted by atomic mass is 10.3.